The molecule has 2 aromatic carbocycles. The molecule has 0 radical (unpaired) electrons. The highest BCUT2D eigenvalue weighted by Crippen LogP contribution is 2.31. The first-order chi connectivity index (χ1) is 8.83. The Balaban J connectivity index is 1.79. The molecule has 1 aromatic heterocycles. The summed E-state index contributed by atoms with van der Waals surface area (Å²) >= 11 is 9.61. The topological polar surface area (TPSA) is 12.9 Å². The molecule has 1 nitrogen and oxygen atoms in total. The molecular weight excluding hydrogens is 282 g/mol. The van der Waals surface area contributed by atoms with E-state index in [1.165, 1.54) is 4.70 Å². The smallest absolute Gasteiger partial charge is 0.104 e. The van der Waals surface area contributed by atoms with Crippen molar-refractivity contribution in [3.8, 4) is 0 Å². The largest absolute Gasteiger partial charge is 0.240 e. The van der Waals surface area contributed by atoms with E-state index in [9.17, 15) is 0 Å². The van der Waals surface area contributed by atoms with Crippen LogP contribution in [0.15, 0.2) is 53.4 Å². The summed E-state index contributed by atoms with van der Waals surface area (Å²) in [7, 11) is 0. The van der Waals surface area contributed by atoms with Gasteiger partial charge >= 0.3 is 0 Å². The molecule has 4 heteroatoms. The molecule has 0 spiro atoms. The number of thioether (sulfide) groups is 1. The lowest BCUT2D eigenvalue weighted by molar-refractivity contribution is 1.30. The minimum Gasteiger partial charge on any atom is -0.240 e. The Labute approximate surface area is 119 Å². The third kappa shape index (κ3) is 2.53. The summed E-state index contributed by atoms with van der Waals surface area (Å²) in [5.74, 6) is 0.864. The van der Waals surface area contributed by atoms with Crippen molar-refractivity contribution in [1.29, 1.82) is 0 Å². The first kappa shape index (κ1) is 12.0. The first-order valence-electron chi connectivity index (χ1n) is 5.55. The molecule has 1 heterocycles. The highest BCUT2D eigenvalue weighted by Gasteiger charge is 2.05. The Morgan fingerprint density at radius 1 is 1.06 bits per heavy atom. The van der Waals surface area contributed by atoms with Gasteiger partial charge in [-0.2, -0.15) is 0 Å². The Kier molecular flexibility index (Phi) is 3.55. The molecule has 0 fully saturated rings. The summed E-state index contributed by atoms with van der Waals surface area (Å²) < 4.78 is 1.24. The van der Waals surface area contributed by atoms with Crippen LogP contribution in [0.3, 0.4) is 0 Å². The highest BCUT2D eigenvalue weighted by atomic mass is 35.5. The zero-order valence-corrected chi connectivity index (χ0v) is 11.9. The van der Waals surface area contributed by atoms with E-state index in [-0.39, 0.29) is 0 Å². The number of benzene rings is 2. The second-order valence-corrected chi connectivity index (χ2v) is 6.33. The first-order valence-corrected chi connectivity index (χ1v) is 7.73. The van der Waals surface area contributed by atoms with Gasteiger partial charge in [0.05, 0.1) is 21.0 Å². The van der Waals surface area contributed by atoms with Gasteiger partial charge in [-0.25, -0.2) is 4.98 Å². The summed E-state index contributed by atoms with van der Waals surface area (Å²) in [5.41, 5.74) is 1.08. The standard InChI is InChI=1S/C14H10ClNS2/c15-10-5-1-3-7-12(10)17-9-14-16-11-6-2-4-8-13(11)18-14/h1-8H,9H2. The van der Waals surface area contributed by atoms with Crippen molar-refractivity contribution in [3.63, 3.8) is 0 Å². The van der Waals surface area contributed by atoms with Crippen molar-refractivity contribution < 1.29 is 0 Å². The van der Waals surface area contributed by atoms with Crippen molar-refractivity contribution in [1.82, 2.24) is 4.98 Å². The molecule has 0 aliphatic carbocycles. The monoisotopic (exact) mass is 291 g/mol. The number of fused-ring (bicyclic) bond motifs is 1. The van der Waals surface area contributed by atoms with Gasteiger partial charge in [-0.05, 0) is 24.3 Å². The van der Waals surface area contributed by atoms with Crippen molar-refractivity contribution in [2.75, 3.05) is 0 Å². The Morgan fingerprint density at radius 3 is 2.67 bits per heavy atom. The molecule has 0 N–H and O–H groups in total. The number of halogens is 1. The van der Waals surface area contributed by atoms with E-state index < -0.39 is 0 Å². The van der Waals surface area contributed by atoms with E-state index in [0.29, 0.717) is 0 Å². The SMILES string of the molecule is Clc1ccccc1SCc1nc2ccccc2s1. The van der Waals surface area contributed by atoms with Crippen molar-refractivity contribution in [3.05, 3.63) is 58.6 Å². The van der Waals surface area contributed by atoms with Gasteiger partial charge in [0.15, 0.2) is 0 Å². The number of nitrogens with zero attached hydrogens (tertiary/aromatic N) is 1. The summed E-state index contributed by atoms with van der Waals surface area (Å²) in [6, 6.07) is 16.1. The Bertz CT molecular complexity index is 645. The molecule has 0 unspecified atom stereocenters. The maximum Gasteiger partial charge on any atom is 0.104 e. The predicted octanol–water partition coefficient (Wildman–Crippen LogP) is 5.24. The van der Waals surface area contributed by atoms with Crippen LogP contribution in [-0.2, 0) is 5.75 Å². The second-order valence-electron chi connectivity index (χ2n) is 3.79. The van der Waals surface area contributed by atoms with Gasteiger partial charge < -0.3 is 0 Å². The van der Waals surface area contributed by atoms with Gasteiger partial charge in [0.25, 0.3) is 0 Å². The fraction of sp³-hybridized carbons (Fsp3) is 0.0714. The average Bonchev–Trinajstić information content (AvgIpc) is 2.80. The normalized spacial score (nSPS) is 10.9. The molecule has 0 saturated carbocycles. The van der Waals surface area contributed by atoms with Gasteiger partial charge in [0.1, 0.15) is 5.01 Å². The number of rotatable bonds is 3. The van der Waals surface area contributed by atoms with Crippen LogP contribution in [0.4, 0.5) is 0 Å². The Morgan fingerprint density at radius 2 is 1.83 bits per heavy atom. The lowest BCUT2D eigenvalue weighted by Crippen LogP contribution is -1.79. The maximum absolute atomic E-state index is 6.13. The van der Waals surface area contributed by atoms with E-state index >= 15 is 0 Å². The molecule has 3 rings (SSSR count). The zero-order chi connectivity index (χ0) is 12.4. The Hall–Kier alpha value is -1.03. The fourth-order valence-corrected chi connectivity index (χ4v) is 3.88. The molecule has 0 saturated heterocycles. The molecule has 0 aliphatic rings. The number of hydrogen-bond acceptors (Lipinski definition) is 3. The van der Waals surface area contributed by atoms with Crippen molar-refractivity contribution >= 4 is 44.9 Å². The maximum atomic E-state index is 6.13. The van der Waals surface area contributed by atoms with Crippen LogP contribution in [0.5, 0.6) is 0 Å². The molecule has 0 bridgehead atoms. The number of aromatic nitrogens is 1. The van der Waals surface area contributed by atoms with Crippen LogP contribution in [0.25, 0.3) is 10.2 Å². The molecule has 3 aromatic rings. The molecule has 90 valence electrons. The van der Waals surface area contributed by atoms with Crippen LogP contribution in [0.1, 0.15) is 5.01 Å². The fourth-order valence-electron chi connectivity index (χ4n) is 1.68. The van der Waals surface area contributed by atoms with Crippen molar-refractivity contribution in [2.24, 2.45) is 0 Å². The van der Waals surface area contributed by atoms with Gasteiger partial charge in [0, 0.05) is 4.90 Å². The summed E-state index contributed by atoms with van der Waals surface area (Å²) in [6.07, 6.45) is 0. The minimum absolute atomic E-state index is 0.809. The minimum atomic E-state index is 0.809. The predicted molar refractivity (Wildman–Crippen MR) is 80.6 cm³/mol. The van der Waals surface area contributed by atoms with E-state index in [0.717, 1.165) is 26.2 Å². The van der Waals surface area contributed by atoms with Gasteiger partial charge in [-0.3, -0.25) is 0 Å². The van der Waals surface area contributed by atoms with Crippen LogP contribution >= 0.6 is 34.7 Å². The second kappa shape index (κ2) is 5.31. The number of thiazole rings is 1. The van der Waals surface area contributed by atoms with Crippen molar-refractivity contribution in [2.45, 2.75) is 10.6 Å². The van der Waals surface area contributed by atoms with Crippen LogP contribution in [-0.4, -0.2) is 4.98 Å². The lowest BCUT2D eigenvalue weighted by Gasteiger charge is -2.00. The summed E-state index contributed by atoms with van der Waals surface area (Å²) in [6.45, 7) is 0. The molecule has 0 aliphatic heterocycles. The van der Waals surface area contributed by atoms with E-state index in [4.69, 9.17) is 11.6 Å². The van der Waals surface area contributed by atoms with Gasteiger partial charge in [-0.1, -0.05) is 35.9 Å². The molecule has 18 heavy (non-hydrogen) atoms. The van der Waals surface area contributed by atoms with Gasteiger partial charge in [-0.15, -0.1) is 23.1 Å². The molecular formula is C14H10ClNS2. The van der Waals surface area contributed by atoms with Crippen LogP contribution in [0.2, 0.25) is 5.02 Å². The number of para-hydroxylation sites is 1. The third-order valence-corrected chi connectivity index (χ3v) is 5.27. The van der Waals surface area contributed by atoms with Crippen LogP contribution in [0, 0.1) is 0 Å². The summed E-state index contributed by atoms with van der Waals surface area (Å²) in [5, 5.41) is 1.95. The average molecular weight is 292 g/mol. The summed E-state index contributed by atoms with van der Waals surface area (Å²) in [4.78, 5) is 5.72. The van der Waals surface area contributed by atoms with Crippen LogP contribution < -0.4 is 0 Å². The van der Waals surface area contributed by atoms with Gasteiger partial charge in [0.2, 0.25) is 0 Å². The highest BCUT2D eigenvalue weighted by molar-refractivity contribution is 7.98. The third-order valence-electron chi connectivity index (χ3n) is 2.53. The molecule has 0 amide bonds. The quantitative estimate of drug-likeness (QED) is 0.612. The van der Waals surface area contributed by atoms with E-state index in [1.807, 2.05) is 36.4 Å². The van der Waals surface area contributed by atoms with E-state index in [1.54, 1.807) is 23.1 Å². The zero-order valence-electron chi connectivity index (χ0n) is 9.47. The molecule has 0 atom stereocenters. The lowest BCUT2D eigenvalue weighted by atomic mass is 10.3. The number of hydrogen-bond donors (Lipinski definition) is 0. The van der Waals surface area contributed by atoms with E-state index in [2.05, 4.69) is 17.1 Å².